The molecule has 0 aromatic carbocycles. The van der Waals surface area contributed by atoms with Gasteiger partial charge in [-0.15, -0.1) is 0 Å². The Hall–Kier alpha value is -2.01. The molecule has 1 N–H and O–H groups in total. The number of nitrogens with zero attached hydrogens (tertiary/aromatic N) is 3. The predicted octanol–water partition coefficient (Wildman–Crippen LogP) is 1.81. The summed E-state index contributed by atoms with van der Waals surface area (Å²) in [5.41, 5.74) is 0.782. The normalized spacial score (nSPS) is 10.2. The molecule has 0 bridgehead atoms. The second kappa shape index (κ2) is 4.88. The maximum absolute atomic E-state index is 10.8. The van der Waals surface area contributed by atoms with Crippen LogP contribution in [0.3, 0.4) is 0 Å². The second-order valence-electron chi connectivity index (χ2n) is 3.32. The van der Waals surface area contributed by atoms with Gasteiger partial charge < -0.3 is 5.11 Å². The number of carbonyl (C=O) groups is 1. The zero-order chi connectivity index (χ0) is 12.3. The van der Waals surface area contributed by atoms with E-state index in [0.717, 1.165) is 5.56 Å². The zero-order valence-electron chi connectivity index (χ0n) is 8.67. The average molecular weight is 250 g/mol. The number of carboxylic acids is 1. The lowest BCUT2D eigenvalue weighted by atomic mass is 10.2. The first-order valence-electron chi connectivity index (χ1n) is 4.80. The van der Waals surface area contributed by atoms with Crippen LogP contribution in [0.5, 0.6) is 0 Å². The summed E-state index contributed by atoms with van der Waals surface area (Å²) in [5.74, 6) is -0.744. The minimum atomic E-state index is -1.16. The highest BCUT2D eigenvalue weighted by atomic mass is 35.5. The summed E-state index contributed by atoms with van der Waals surface area (Å²) >= 11 is 5.68. The Morgan fingerprint density at radius 1 is 1.35 bits per heavy atom. The monoisotopic (exact) mass is 249 g/mol. The molecule has 6 heteroatoms. The summed E-state index contributed by atoms with van der Waals surface area (Å²) in [6, 6.07) is 3.64. The third kappa shape index (κ3) is 2.76. The van der Waals surface area contributed by atoms with E-state index in [1.807, 2.05) is 12.1 Å². The van der Waals surface area contributed by atoms with Crippen LogP contribution in [0.15, 0.2) is 30.7 Å². The summed E-state index contributed by atoms with van der Waals surface area (Å²) in [7, 11) is 0. The van der Waals surface area contributed by atoms with Crippen LogP contribution in [0.25, 0.3) is 0 Å². The number of rotatable bonds is 3. The molecular weight excluding hydrogens is 242 g/mol. The number of halogens is 1. The van der Waals surface area contributed by atoms with Gasteiger partial charge in [-0.1, -0.05) is 11.6 Å². The number of aromatic nitrogens is 3. The molecule has 0 radical (unpaired) electrons. The van der Waals surface area contributed by atoms with Crippen LogP contribution >= 0.6 is 11.6 Å². The molecule has 0 aliphatic carbocycles. The van der Waals surface area contributed by atoms with Gasteiger partial charge in [0.2, 0.25) is 0 Å². The Labute approximate surface area is 102 Å². The summed E-state index contributed by atoms with van der Waals surface area (Å²) in [4.78, 5) is 22.6. The summed E-state index contributed by atoms with van der Waals surface area (Å²) < 4.78 is 0. The van der Waals surface area contributed by atoms with Gasteiger partial charge in [0.05, 0.1) is 11.2 Å². The van der Waals surface area contributed by atoms with Crippen molar-refractivity contribution in [2.24, 2.45) is 0 Å². The molecule has 2 heterocycles. The number of pyridine rings is 1. The van der Waals surface area contributed by atoms with Crippen molar-refractivity contribution in [2.75, 3.05) is 0 Å². The van der Waals surface area contributed by atoms with Gasteiger partial charge in [0.25, 0.3) is 0 Å². The topological polar surface area (TPSA) is 76.0 Å². The van der Waals surface area contributed by atoms with Crippen LogP contribution in [0, 0.1) is 0 Å². The van der Waals surface area contributed by atoms with Crippen molar-refractivity contribution in [3.05, 3.63) is 52.8 Å². The molecule has 0 aliphatic rings. The second-order valence-corrected chi connectivity index (χ2v) is 3.73. The Bertz CT molecular complexity index is 546. The van der Waals surface area contributed by atoms with E-state index in [9.17, 15) is 4.79 Å². The molecule has 0 aliphatic heterocycles. The Morgan fingerprint density at radius 3 is 2.71 bits per heavy atom. The molecule has 2 aromatic rings. The lowest BCUT2D eigenvalue weighted by Gasteiger charge is -2.02. The van der Waals surface area contributed by atoms with Gasteiger partial charge in [-0.05, 0) is 17.7 Å². The molecule has 0 saturated carbocycles. The SMILES string of the molecule is O=C(O)c1nc(Cc2ccncc2)ncc1Cl. The fourth-order valence-electron chi connectivity index (χ4n) is 1.32. The van der Waals surface area contributed by atoms with E-state index >= 15 is 0 Å². The molecular formula is C11H8ClN3O2. The smallest absolute Gasteiger partial charge is 0.356 e. The minimum Gasteiger partial charge on any atom is -0.476 e. The zero-order valence-corrected chi connectivity index (χ0v) is 9.42. The fraction of sp³-hybridized carbons (Fsp3) is 0.0909. The first kappa shape index (κ1) is 11.5. The van der Waals surface area contributed by atoms with Crippen molar-refractivity contribution in [2.45, 2.75) is 6.42 Å². The van der Waals surface area contributed by atoms with E-state index in [1.165, 1.54) is 6.20 Å². The third-order valence-electron chi connectivity index (χ3n) is 2.11. The standard InChI is InChI=1S/C11H8ClN3O2/c12-8-6-14-9(15-10(8)11(16)17)5-7-1-3-13-4-2-7/h1-4,6H,5H2,(H,16,17). The highest BCUT2D eigenvalue weighted by Crippen LogP contribution is 2.13. The maximum atomic E-state index is 10.8. The van der Waals surface area contributed by atoms with Crippen LogP contribution in [0.2, 0.25) is 5.02 Å². The van der Waals surface area contributed by atoms with Gasteiger partial charge in [0, 0.05) is 18.8 Å². The number of aromatic carboxylic acids is 1. The Balaban J connectivity index is 2.29. The van der Waals surface area contributed by atoms with E-state index in [-0.39, 0.29) is 10.7 Å². The van der Waals surface area contributed by atoms with Crippen LogP contribution < -0.4 is 0 Å². The molecule has 5 nitrogen and oxygen atoms in total. The van der Waals surface area contributed by atoms with Gasteiger partial charge in [-0.2, -0.15) is 0 Å². The van der Waals surface area contributed by atoms with Crippen LogP contribution in [-0.2, 0) is 6.42 Å². The van der Waals surface area contributed by atoms with Crippen molar-refractivity contribution in [3.8, 4) is 0 Å². The predicted molar refractivity (Wildman–Crippen MR) is 61.0 cm³/mol. The summed E-state index contributed by atoms with van der Waals surface area (Å²) in [5, 5.41) is 8.91. The van der Waals surface area contributed by atoms with Crippen LogP contribution in [-0.4, -0.2) is 26.0 Å². The average Bonchev–Trinajstić information content (AvgIpc) is 2.32. The molecule has 0 spiro atoms. The molecule has 0 atom stereocenters. The van der Waals surface area contributed by atoms with E-state index in [0.29, 0.717) is 12.2 Å². The van der Waals surface area contributed by atoms with Gasteiger partial charge in [-0.25, -0.2) is 14.8 Å². The largest absolute Gasteiger partial charge is 0.476 e. The molecule has 0 amide bonds. The number of carboxylic acid groups (broad SMARTS) is 1. The highest BCUT2D eigenvalue weighted by Gasteiger charge is 2.12. The quantitative estimate of drug-likeness (QED) is 0.898. The molecule has 0 unspecified atom stereocenters. The molecule has 2 aromatic heterocycles. The van der Waals surface area contributed by atoms with Crippen molar-refractivity contribution in [1.29, 1.82) is 0 Å². The van der Waals surface area contributed by atoms with Gasteiger partial charge in [0.15, 0.2) is 5.69 Å². The van der Waals surface area contributed by atoms with E-state index in [1.54, 1.807) is 12.4 Å². The first-order valence-corrected chi connectivity index (χ1v) is 5.18. The molecule has 2 rings (SSSR count). The number of hydrogen-bond donors (Lipinski definition) is 1. The van der Waals surface area contributed by atoms with Crippen molar-refractivity contribution in [1.82, 2.24) is 15.0 Å². The van der Waals surface area contributed by atoms with Crippen LogP contribution in [0.1, 0.15) is 21.9 Å². The van der Waals surface area contributed by atoms with Gasteiger partial charge in [0.1, 0.15) is 5.82 Å². The number of hydrogen-bond acceptors (Lipinski definition) is 4. The molecule has 0 saturated heterocycles. The van der Waals surface area contributed by atoms with Crippen molar-refractivity contribution < 1.29 is 9.90 Å². The highest BCUT2D eigenvalue weighted by molar-refractivity contribution is 6.33. The summed E-state index contributed by atoms with van der Waals surface area (Å²) in [6.07, 6.45) is 5.06. The Kier molecular flexibility index (Phi) is 3.30. The molecule has 17 heavy (non-hydrogen) atoms. The van der Waals surface area contributed by atoms with E-state index in [4.69, 9.17) is 16.7 Å². The van der Waals surface area contributed by atoms with Crippen molar-refractivity contribution in [3.63, 3.8) is 0 Å². The molecule has 86 valence electrons. The fourth-order valence-corrected chi connectivity index (χ4v) is 1.49. The maximum Gasteiger partial charge on any atom is 0.356 e. The van der Waals surface area contributed by atoms with Crippen molar-refractivity contribution >= 4 is 17.6 Å². The molecule has 0 fully saturated rings. The lowest BCUT2D eigenvalue weighted by molar-refractivity contribution is 0.0690. The summed E-state index contributed by atoms with van der Waals surface area (Å²) in [6.45, 7) is 0. The van der Waals surface area contributed by atoms with Crippen LogP contribution in [0.4, 0.5) is 0 Å². The lowest BCUT2D eigenvalue weighted by Crippen LogP contribution is -2.06. The minimum absolute atomic E-state index is 0.0379. The van der Waals surface area contributed by atoms with E-state index in [2.05, 4.69) is 15.0 Å². The first-order chi connectivity index (χ1) is 8.16. The third-order valence-corrected chi connectivity index (χ3v) is 2.38. The van der Waals surface area contributed by atoms with Gasteiger partial charge >= 0.3 is 5.97 Å². The van der Waals surface area contributed by atoms with Gasteiger partial charge in [-0.3, -0.25) is 4.98 Å². The Morgan fingerprint density at radius 2 is 2.06 bits per heavy atom. The van der Waals surface area contributed by atoms with E-state index < -0.39 is 5.97 Å².